The third-order valence-electron chi connectivity index (χ3n) is 13.7. The maximum Gasteiger partial charge on any atom is 0.302 e. The smallest absolute Gasteiger partial charge is 0.302 e. The summed E-state index contributed by atoms with van der Waals surface area (Å²) in [6.45, 7) is 17.7. The molecule has 0 bridgehead atoms. The third-order valence-corrected chi connectivity index (χ3v) is 13.7. The van der Waals surface area contributed by atoms with E-state index in [0.29, 0.717) is 39.4 Å². The number of hydrogen-bond acceptors (Lipinski definition) is 4. The van der Waals surface area contributed by atoms with E-state index in [1.165, 1.54) is 51.4 Å². The Labute approximate surface area is 226 Å². The number of carbonyl (C=O) groups is 2. The van der Waals surface area contributed by atoms with Crippen LogP contribution in [0.3, 0.4) is 0 Å². The molecule has 0 N–H and O–H groups in total. The van der Waals surface area contributed by atoms with E-state index in [-0.39, 0.29) is 24.1 Å². The molecule has 4 heteroatoms. The molecule has 0 amide bonds. The van der Waals surface area contributed by atoms with Crippen LogP contribution in [0.5, 0.6) is 0 Å². The van der Waals surface area contributed by atoms with E-state index in [9.17, 15) is 9.59 Å². The SMILES string of the molecule is CC(=O)OC(CC[C@@H](C)[C@H]1CC[C@@]2(C)[C@@H]3CC[C@H]4[C@H](C)[C@@H](OC(C)=O)CC[C@@]45C[C@@]35CC[C@]12C)C(C)C. The minimum atomic E-state index is -0.144. The monoisotopic (exact) mass is 514 g/mol. The number of fused-ring (bicyclic) bond motifs is 2. The first kappa shape index (κ1) is 27.5. The van der Waals surface area contributed by atoms with E-state index in [2.05, 4.69) is 41.5 Å². The Morgan fingerprint density at radius 1 is 0.838 bits per heavy atom. The van der Waals surface area contributed by atoms with Crippen LogP contribution in [0.1, 0.15) is 126 Å². The van der Waals surface area contributed by atoms with Gasteiger partial charge in [0.1, 0.15) is 12.2 Å². The van der Waals surface area contributed by atoms with Crippen LogP contribution in [-0.2, 0) is 19.1 Å². The Hall–Kier alpha value is -1.06. The highest BCUT2D eigenvalue weighted by molar-refractivity contribution is 5.66. The Kier molecular flexibility index (Phi) is 6.88. The lowest BCUT2D eigenvalue weighted by Crippen LogP contribution is -2.56. The van der Waals surface area contributed by atoms with E-state index in [1.807, 2.05) is 0 Å². The molecule has 37 heavy (non-hydrogen) atoms. The number of ether oxygens (including phenoxy) is 2. The molecule has 0 aromatic rings. The summed E-state index contributed by atoms with van der Waals surface area (Å²) in [7, 11) is 0. The van der Waals surface area contributed by atoms with Gasteiger partial charge >= 0.3 is 11.9 Å². The Balaban J connectivity index is 1.31. The molecule has 0 aromatic heterocycles. The Bertz CT molecular complexity index is 912. The molecule has 0 radical (unpaired) electrons. The molecule has 5 aliphatic rings. The van der Waals surface area contributed by atoms with Crippen LogP contribution in [0.4, 0.5) is 0 Å². The predicted molar refractivity (Wildman–Crippen MR) is 147 cm³/mol. The fourth-order valence-corrected chi connectivity index (χ4v) is 11.7. The summed E-state index contributed by atoms with van der Waals surface area (Å²) >= 11 is 0. The van der Waals surface area contributed by atoms with Crippen molar-refractivity contribution in [3.05, 3.63) is 0 Å². The first-order valence-electron chi connectivity index (χ1n) is 15.7. The summed E-state index contributed by atoms with van der Waals surface area (Å²) < 4.78 is 11.5. The van der Waals surface area contributed by atoms with Gasteiger partial charge in [-0.05, 0) is 128 Å². The average Bonchev–Trinajstić information content (AvgIpc) is 3.40. The van der Waals surface area contributed by atoms with E-state index in [4.69, 9.17) is 9.47 Å². The highest BCUT2D eigenvalue weighted by Crippen LogP contribution is 2.88. The molecular weight excluding hydrogens is 460 g/mol. The standard InChI is InChI=1S/C33H54O4/c1-20(2)27(36-23(5)34)11-9-21(3)25-13-15-31(8)29-12-10-26-22(4)28(37-24(6)35)14-16-32(26)19-33(29,32)18-17-30(25,31)7/h20-22,25-29H,9-19H2,1-8H3/t21-,22+,25-,26+,27?,28+,29+,30-,31+,32-,33+/m1/s1. The summed E-state index contributed by atoms with van der Waals surface area (Å²) in [5.41, 5.74) is 1.92. The molecule has 11 atom stereocenters. The van der Waals surface area contributed by atoms with Crippen molar-refractivity contribution in [1.29, 1.82) is 0 Å². The lowest BCUT2D eigenvalue weighted by atomic mass is 9.43. The fraction of sp³-hybridized carbons (Fsp3) is 0.939. The summed E-state index contributed by atoms with van der Waals surface area (Å²) in [4.78, 5) is 23.4. The van der Waals surface area contributed by atoms with Crippen LogP contribution in [0, 0.1) is 57.2 Å². The molecule has 5 fully saturated rings. The van der Waals surface area contributed by atoms with Gasteiger partial charge in [-0.2, -0.15) is 0 Å². The summed E-state index contributed by atoms with van der Waals surface area (Å²) in [5, 5.41) is 0. The largest absolute Gasteiger partial charge is 0.462 e. The van der Waals surface area contributed by atoms with Crippen molar-refractivity contribution >= 4 is 11.9 Å². The molecule has 0 saturated heterocycles. The average molecular weight is 515 g/mol. The zero-order valence-corrected chi connectivity index (χ0v) is 25.0. The van der Waals surface area contributed by atoms with Gasteiger partial charge in [0.2, 0.25) is 0 Å². The minimum Gasteiger partial charge on any atom is -0.462 e. The topological polar surface area (TPSA) is 52.6 Å². The van der Waals surface area contributed by atoms with Gasteiger partial charge in [-0.3, -0.25) is 9.59 Å². The first-order chi connectivity index (χ1) is 17.3. The number of rotatable bonds is 7. The van der Waals surface area contributed by atoms with Crippen molar-refractivity contribution in [3.63, 3.8) is 0 Å². The summed E-state index contributed by atoms with van der Waals surface area (Å²) in [5.74, 6) is 3.65. The first-order valence-corrected chi connectivity index (χ1v) is 15.7. The quantitative estimate of drug-likeness (QED) is 0.323. The second-order valence-electron chi connectivity index (χ2n) is 15.2. The Morgan fingerprint density at radius 3 is 2.22 bits per heavy atom. The van der Waals surface area contributed by atoms with Crippen LogP contribution in [0.25, 0.3) is 0 Å². The van der Waals surface area contributed by atoms with E-state index < -0.39 is 0 Å². The van der Waals surface area contributed by atoms with Gasteiger partial charge in [0.05, 0.1) is 0 Å². The maximum absolute atomic E-state index is 11.7. The maximum atomic E-state index is 11.7. The van der Waals surface area contributed by atoms with Gasteiger partial charge in [0.15, 0.2) is 0 Å². The van der Waals surface area contributed by atoms with Crippen molar-refractivity contribution in [3.8, 4) is 0 Å². The Morgan fingerprint density at radius 2 is 1.57 bits per heavy atom. The molecule has 5 rings (SSSR count). The van der Waals surface area contributed by atoms with Crippen molar-refractivity contribution < 1.29 is 19.1 Å². The van der Waals surface area contributed by atoms with Crippen LogP contribution in [0.15, 0.2) is 0 Å². The van der Waals surface area contributed by atoms with E-state index >= 15 is 0 Å². The highest BCUT2D eigenvalue weighted by Gasteiger charge is 2.81. The zero-order chi connectivity index (χ0) is 27.0. The van der Waals surface area contributed by atoms with Gasteiger partial charge in [-0.25, -0.2) is 0 Å². The van der Waals surface area contributed by atoms with E-state index in [1.54, 1.807) is 13.8 Å². The van der Waals surface area contributed by atoms with Crippen molar-refractivity contribution in [2.24, 2.45) is 57.2 Å². The van der Waals surface area contributed by atoms with Gasteiger partial charge in [0, 0.05) is 13.8 Å². The molecule has 0 aromatic carbocycles. The molecule has 2 spiro atoms. The van der Waals surface area contributed by atoms with Gasteiger partial charge in [-0.1, -0.05) is 41.5 Å². The lowest BCUT2D eigenvalue weighted by Gasteiger charge is -2.62. The van der Waals surface area contributed by atoms with Crippen LogP contribution < -0.4 is 0 Å². The molecule has 0 heterocycles. The van der Waals surface area contributed by atoms with Gasteiger partial charge in [-0.15, -0.1) is 0 Å². The van der Waals surface area contributed by atoms with Crippen molar-refractivity contribution in [1.82, 2.24) is 0 Å². The minimum absolute atomic E-state index is 0.0425. The number of esters is 2. The fourth-order valence-electron chi connectivity index (χ4n) is 11.7. The summed E-state index contributed by atoms with van der Waals surface area (Å²) in [6.07, 6.45) is 14.3. The molecule has 210 valence electrons. The predicted octanol–water partition coefficient (Wildman–Crippen LogP) is 7.97. The number of carbonyl (C=O) groups excluding carboxylic acids is 2. The molecule has 0 aliphatic heterocycles. The number of hydrogen-bond donors (Lipinski definition) is 0. The van der Waals surface area contributed by atoms with Gasteiger partial charge in [0.25, 0.3) is 0 Å². The molecule has 4 nitrogen and oxygen atoms in total. The molecular formula is C33H54O4. The van der Waals surface area contributed by atoms with Crippen LogP contribution in [-0.4, -0.2) is 24.1 Å². The molecule has 5 aliphatic carbocycles. The van der Waals surface area contributed by atoms with Crippen molar-refractivity contribution in [2.75, 3.05) is 0 Å². The van der Waals surface area contributed by atoms with Crippen LogP contribution >= 0.6 is 0 Å². The van der Waals surface area contributed by atoms with Crippen LogP contribution in [0.2, 0.25) is 0 Å². The normalized spacial score (nSPS) is 47.6. The van der Waals surface area contributed by atoms with Crippen molar-refractivity contribution in [2.45, 2.75) is 138 Å². The third kappa shape index (κ3) is 3.95. The lowest BCUT2D eigenvalue weighted by molar-refractivity contribution is -0.165. The van der Waals surface area contributed by atoms with E-state index in [0.717, 1.165) is 37.0 Å². The zero-order valence-electron chi connectivity index (χ0n) is 25.0. The molecule has 5 saturated carbocycles. The second kappa shape index (κ2) is 9.26. The van der Waals surface area contributed by atoms with Gasteiger partial charge < -0.3 is 9.47 Å². The molecule has 1 unspecified atom stereocenters. The highest BCUT2D eigenvalue weighted by atomic mass is 16.5. The second-order valence-corrected chi connectivity index (χ2v) is 15.2. The summed E-state index contributed by atoms with van der Waals surface area (Å²) in [6, 6.07) is 0.